The molecule has 0 amide bonds. The van der Waals surface area contributed by atoms with E-state index in [1.165, 1.54) is 22.3 Å². The molecule has 252 valence electrons. The minimum Gasteiger partial charge on any atom is -0.493 e. The summed E-state index contributed by atoms with van der Waals surface area (Å²) in [5, 5.41) is 22.7. The zero-order valence-electron chi connectivity index (χ0n) is 27.9. The first-order valence-electron chi connectivity index (χ1n) is 17.0. The van der Waals surface area contributed by atoms with Gasteiger partial charge in [-0.3, -0.25) is 16.2 Å². The molecule has 0 fully saturated rings. The molecule has 4 rings (SSSR count). The SMILES string of the molecule is N=C(N)c1ccc(CCCCCc2cc(CCCCCc3ccc(C(=N)N)cc3)cc(OCCCOc3ccc(C(=N)N)cc3)c2)cc1. The molecule has 0 heterocycles. The van der Waals surface area contributed by atoms with E-state index in [1.54, 1.807) is 12.1 Å². The van der Waals surface area contributed by atoms with Crippen LogP contribution in [0.1, 0.15) is 83.9 Å². The second-order valence-electron chi connectivity index (χ2n) is 12.3. The highest BCUT2D eigenvalue weighted by molar-refractivity contribution is 5.95. The van der Waals surface area contributed by atoms with E-state index in [9.17, 15) is 0 Å². The highest BCUT2D eigenvalue weighted by atomic mass is 16.5. The molecule has 0 radical (unpaired) electrons. The Morgan fingerprint density at radius 2 is 0.750 bits per heavy atom. The molecule has 0 unspecified atom stereocenters. The number of hydrogen-bond acceptors (Lipinski definition) is 5. The van der Waals surface area contributed by atoms with E-state index in [0.29, 0.717) is 18.8 Å². The molecule has 0 atom stereocenters. The smallest absolute Gasteiger partial charge is 0.122 e. The number of nitrogens with two attached hydrogens (primary N) is 3. The van der Waals surface area contributed by atoms with Crippen LogP contribution in [0.3, 0.4) is 0 Å². The van der Waals surface area contributed by atoms with E-state index in [2.05, 4.69) is 42.5 Å². The third-order valence-electron chi connectivity index (χ3n) is 8.41. The lowest BCUT2D eigenvalue weighted by atomic mass is 9.98. The van der Waals surface area contributed by atoms with Gasteiger partial charge in [0.15, 0.2) is 0 Å². The summed E-state index contributed by atoms with van der Waals surface area (Å²) in [7, 11) is 0. The lowest BCUT2D eigenvalue weighted by Gasteiger charge is -2.13. The molecule has 9 N–H and O–H groups in total. The van der Waals surface area contributed by atoms with Gasteiger partial charge in [-0.15, -0.1) is 0 Å². The van der Waals surface area contributed by atoms with Gasteiger partial charge in [-0.1, -0.05) is 67.4 Å². The predicted octanol–water partition coefficient (Wildman–Crippen LogP) is 7.30. The third kappa shape index (κ3) is 12.2. The summed E-state index contributed by atoms with van der Waals surface area (Å²) in [6.07, 6.45) is 11.6. The number of ether oxygens (including phenoxy) is 2. The molecule has 4 aromatic rings. The Morgan fingerprint density at radius 1 is 0.396 bits per heavy atom. The van der Waals surface area contributed by atoms with Crippen molar-refractivity contribution in [2.75, 3.05) is 13.2 Å². The van der Waals surface area contributed by atoms with Crippen molar-refractivity contribution in [1.82, 2.24) is 0 Å². The van der Waals surface area contributed by atoms with Gasteiger partial charge in [-0.2, -0.15) is 0 Å². The highest BCUT2D eigenvalue weighted by Crippen LogP contribution is 2.22. The van der Waals surface area contributed by atoms with Crippen molar-refractivity contribution < 1.29 is 9.47 Å². The van der Waals surface area contributed by atoms with E-state index in [0.717, 1.165) is 93.3 Å². The molecule has 0 bridgehead atoms. The van der Waals surface area contributed by atoms with Gasteiger partial charge in [-0.25, -0.2) is 0 Å². The lowest BCUT2D eigenvalue weighted by molar-refractivity contribution is 0.247. The van der Waals surface area contributed by atoms with Crippen LogP contribution in [0.4, 0.5) is 0 Å². The summed E-state index contributed by atoms with van der Waals surface area (Å²) in [6.45, 7) is 1.11. The molecule has 8 nitrogen and oxygen atoms in total. The van der Waals surface area contributed by atoms with Gasteiger partial charge in [-0.05, 0) is 110 Å². The lowest BCUT2D eigenvalue weighted by Crippen LogP contribution is -2.10. The molecular formula is C40H50N6O2. The summed E-state index contributed by atoms with van der Waals surface area (Å²) >= 11 is 0. The van der Waals surface area contributed by atoms with Gasteiger partial charge in [0.1, 0.15) is 29.0 Å². The third-order valence-corrected chi connectivity index (χ3v) is 8.41. The summed E-state index contributed by atoms with van der Waals surface area (Å²) in [5.41, 5.74) is 24.1. The van der Waals surface area contributed by atoms with E-state index in [-0.39, 0.29) is 17.5 Å². The van der Waals surface area contributed by atoms with E-state index in [1.807, 2.05) is 36.4 Å². The van der Waals surface area contributed by atoms with Gasteiger partial charge < -0.3 is 26.7 Å². The van der Waals surface area contributed by atoms with Crippen molar-refractivity contribution in [3.63, 3.8) is 0 Å². The van der Waals surface area contributed by atoms with Crippen molar-refractivity contribution in [2.45, 2.75) is 70.6 Å². The number of amidine groups is 3. The Bertz CT molecular complexity index is 1410. The normalized spacial score (nSPS) is 10.8. The van der Waals surface area contributed by atoms with Crippen LogP contribution in [0.15, 0.2) is 91.0 Å². The zero-order chi connectivity index (χ0) is 34.1. The maximum absolute atomic E-state index is 7.57. The maximum atomic E-state index is 7.57. The fourth-order valence-corrected chi connectivity index (χ4v) is 5.64. The number of aryl methyl sites for hydroxylation is 4. The van der Waals surface area contributed by atoms with Gasteiger partial charge in [0.25, 0.3) is 0 Å². The van der Waals surface area contributed by atoms with Crippen LogP contribution < -0.4 is 26.7 Å². The van der Waals surface area contributed by atoms with Crippen molar-refractivity contribution in [3.8, 4) is 11.5 Å². The Kier molecular flexibility index (Phi) is 14.1. The van der Waals surface area contributed by atoms with Crippen LogP contribution in [0.2, 0.25) is 0 Å². The van der Waals surface area contributed by atoms with Crippen molar-refractivity contribution in [2.24, 2.45) is 17.2 Å². The predicted molar refractivity (Wildman–Crippen MR) is 197 cm³/mol. The quantitative estimate of drug-likeness (QED) is 0.0317. The average molecular weight is 647 g/mol. The summed E-state index contributed by atoms with van der Waals surface area (Å²) in [4.78, 5) is 0. The van der Waals surface area contributed by atoms with Gasteiger partial charge in [0, 0.05) is 23.1 Å². The van der Waals surface area contributed by atoms with Gasteiger partial charge in [0.05, 0.1) is 13.2 Å². The second kappa shape index (κ2) is 18.9. The highest BCUT2D eigenvalue weighted by Gasteiger charge is 2.06. The van der Waals surface area contributed by atoms with E-state index < -0.39 is 0 Å². The minimum absolute atomic E-state index is 0.0474. The van der Waals surface area contributed by atoms with Crippen LogP contribution in [0.25, 0.3) is 0 Å². The Labute approximate surface area is 285 Å². The number of unbranched alkanes of at least 4 members (excludes halogenated alkanes) is 4. The fraction of sp³-hybridized carbons (Fsp3) is 0.325. The van der Waals surface area contributed by atoms with Gasteiger partial charge >= 0.3 is 0 Å². The van der Waals surface area contributed by atoms with Gasteiger partial charge in [0.2, 0.25) is 0 Å². The first-order chi connectivity index (χ1) is 23.3. The Hall–Kier alpha value is -5.11. The number of rotatable bonds is 21. The molecule has 0 aromatic heterocycles. The summed E-state index contributed by atoms with van der Waals surface area (Å²) in [6, 6.07) is 30.0. The monoisotopic (exact) mass is 646 g/mol. The molecule has 0 aliphatic rings. The fourth-order valence-electron chi connectivity index (χ4n) is 5.64. The van der Waals surface area contributed by atoms with E-state index >= 15 is 0 Å². The van der Waals surface area contributed by atoms with Crippen LogP contribution >= 0.6 is 0 Å². The average Bonchev–Trinajstić information content (AvgIpc) is 3.08. The van der Waals surface area contributed by atoms with Crippen molar-refractivity contribution >= 4 is 17.5 Å². The molecule has 0 spiro atoms. The summed E-state index contributed by atoms with van der Waals surface area (Å²) in [5.74, 6) is 1.94. The standard InChI is InChI=1S/C40H50N6O2/c41-38(42)33-16-12-29(13-17-33)8-3-1-5-10-31-26-32(11-6-2-4-9-30-14-18-34(19-15-30)39(43)44)28-37(27-31)48-25-7-24-47-36-22-20-35(21-23-36)40(45)46/h12-23,26-28H,1-11,24-25H2,(H3,41,42)(H3,43,44)(H3,45,46). The molecule has 0 saturated carbocycles. The van der Waals surface area contributed by atoms with Crippen LogP contribution in [-0.4, -0.2) is 30.7 Å². The van der Waals surface area contributed by atoms with Crippen molar-refractivity contribution in [3.05, 3.63) is 130 Å². The number of benzene rings is 4. The molecule has 0 aliphatic carbocycles. The number of hydrogen-bond donors (Lipinski definition) is 6. The Balaban J connectivity index is 1.25. The Morgan fingerprint density at radius 3 is 1.15 bits per heavy atom. The first kappa shape index (κ1) is 35.7. The first-order valence-corrected chi connectivity index (χ1v) is 17.0. The van der Waals surface area contributed by atoms with Crippen LogP contribution in [-0.2, 0) is 25.7 Å². The molecule has 48 heavy (non-hydrogen) atoms. The largest absolute Gasteiger partial charge is 0.493 e. The molecule has 8 heteroatoms. The topological polar surface area (TPSA) is 168 Å². The minimum atomic E-state index is 0.0474. The second-order valence-corrected chi connectivity index (χ2v) is 12.3. The number of nitrogen functional groups attached to an aromatic ring is 3. The number of nitrogens with one attached hydrogen (secondary N) is 3. The van der Waals surface area contributed by atoms with Crippen LogP contribution in [0.5, 0.6) is 11.5 Å². The molecule has 0 saturated heterocycles. The van der Waals surface area contributed by atoms with Crippen LogP contribution in [0, 0.1) is 16.2 Å². The molecule has 4 aromatic carbocycles. The van der Waals surface area contributed by atoms with Crippen molar-refractivity contribution in [1.29, 1.82) is 16.2 Å². The summed E-state index contributed by atoms with van der Waals surface area (Å²) < 4.78 is 12.1. The van der Waals surface area contributed by atoms with E-state index in [4.69, 9.17) is 42.9 Å². The maximum Gasteiger partial charge on any atom is 0.122 e. The molecule has 0 aliphatic heterocycles. The zero-order valence-corrected chi connectivity index (χ0v) is 27.9. The molecular weight excluding hydrogens is 596 g/mol.